The average Bonchev–Trinajstić information content (AvgIpc) is 2.64. The lowest BCUT2D eigenvalue weighted by Gasteiger charge is -2.09. The van der Waals surface area contributed by atoms with Gasteiger partial charge in [0.15, 0.2) is 11.6 Å². The fraction of sp³-hybridized carbons (Fsp3) is 0.0952. The van der Waals surface area contributed by atoms with E-state index in [-0.39, 0.29) is 18.4 Å². The van der Waals surface area contributed by atoms with Crippen LogP contribution >= 0.6 is 0 Å². The summed E-state index contributed by atoms with van der Waals surface area (Å²) in [6, 6.07) is 15.0. The molecule has 0 atom stereocenters. The highest BCUT2D eigenvalue weighted by molar-refractivity contribution is 5.66. The van der Waals surface area contributed by atoms with Crippen molar-refractivity contribution in [2.24, 2.45) is 0 Å². The number of hydrogen-bond acceptors (Lipinski definition) is 2. The number of nitriles is 1. The number of rotatable bonds is 4. The van der Waals surface area contributed by atoms with Crippen molar-refractivity contribution in [3.8, 4) is 22.9 Å². The number of aryl methyl sites for hydroxylation is 1. The number of aromatic hydroxyl groups is 1. The van der Waals surface area contributed by atoms with Crippen LogP contribution in [0, 0.1) is 28.8 Å². The number of phenolic OH excluding ortho intramolecular Hbond substituents is 1. The van der Waals surface area contributed by atoms with E-state index >= 15 is 0 Å². The molecule has 0 aliphatic carbocycles. The minimum atomic E-state index is -0.980. The van der Waals surface area contributed by atoms with Crippen LogP contribution < -0.4 is 0 Å². The molecule has 0 radical (unpaired) electrons. The molecule has 0 fully saturated rings. The summed E-state index contributed by atoms with van der Waals surface area (Å²) in [6.07, 6.45) is 0.276. The van der Waals surface area contributed by atoms with Gasteiger partial charge in [-0.05, 0) is 65.9 Å². The summed E-state index contributed by atoms with van der Waals surface area (Å²) in [5.74, 6) is -2.71. The molecule has 0 amide bonds. The predicted molar refractivity (Wildman–Crippen MR) is 92.0 cm³/mol. The second-order valence-corrected chi connectivity index (χ2v) is 5.90. The molecule has 0 saturated carbocycles. The average molecular weight is 353 g/mol. The van der Waals surface area contributed by atoms with E-state index in [1.165, 1.54) is 12.1 Å². The summed E-state index contributed by atoms with van der Waals surface area (Å²) < 4.78 is 41.2. The molecule has 1 N–H and O–H groups in total. The molecule has 3 aromatic carbocycles. The minimum absolute atomic E-state index is 0.0174. The van der Waals surface area contributed by atoms with Crippen molar-refractivity contribution in [3.05, 3.63) is 88.7 Å². The first-order valence-corrected chi connectivity index (χ1v) is 7.94. The summed E-state index contributed by atoms with van der Waals surface area (Å²) in [5.41, 5.74) is 2.11. The molecule has 26 heavy (non-hydrogen) atoms. The monoisotopic (exact) mass is 353 g/mol. The van der Waals surface area contributed by atoms with Crippen LogP contribution in [0.4, 0.5) is 13.2 Å². The van der Waals surface area contributed by atoms with E-state index in [1.54, 1.807) is 30.3 Å². The highest BCUT2D eigenvalue weighted by atomic mass is 19.1. The van der Waals surface area contributed by atoms with Crippen LogP contribution in [0.15, 0.2) is 54.6 Å². The first-order valence-electron chi connectivity index (χ1n) is 7.94. The third-order valence-electron chi connectivity index (χ3n) is 4.11. The highest BCUT2D eigenvalue weighted by Crippen LogP contribution is 2.26. The van der Waals surface area contributed by atoms with Crippen LogP contribution in [0.3, 0.4) is 0 Å². The zero-order valence-corrected chi connectivity index (χ0v) is 13.6. The molecule has 3 aromatic rings. The first kappa shape index (κ1) is 17.6. The normalized spacial score (nSPS) is 10.5. The Morgan fingerprint density at radius 1 is 0.885 bits per heavy atom. The van der Waals surface area contributed by atoms with Crippen LogP contribution in [0.25, 0.3) is 11.1 Å². The topological polar surface area (TPSA) is 44.0 Å². The summed E-state index contributed by atoms with van der Waals surface area (Å²) in [6.45, 7) is 0. The van der Waals surface area contributed by atoms with Gasteiger partial charge < -0.3 is 5.11 Å². The van der Waals surface area contributed by atoms with Gasteiger partial charge in [0, 0.05) is 5.56 Å². The quantitative estimate of drug-likeness (QED) is 0.706. The van der Waals surface area contributed by atoms with Crippen molar-refractivity contribution >= 4 is 0 Å². The van der Waals surface area contributed by atoms with E-state index < -0.39 is 23.2 Å². The van der Waals surface area contributed by atoms with E-state index in [9.17, 15) is 23.5 Å². The molecule has 5 heteroatoms. The second kappa shape index (κ2) is 7.32. The van der Waals surface area contributed by atoms with E-state index in [4.69, 9.17) is 0 Å². The summed E-state index contributed by atoms with van der Waals surface area (Å²) in [5, 5.41) is 18.6. The molecule has 0 bridgehead atoms. The molecule has 0 saturated heterocycles. The van der Waals surface area contributed by atoms with Crippen LogP contribution in [-0.4, -0.2) is 5.11 Å². The number of phenols is 1. The summed E-state index contributed by atoms with van der Waals surface area (Å²) in [7, 11) is 0. The largest absolute Gasteiger partial charge is 0.505 e. The Labute approximate surface area is 148 Å². The SMILES string of the molecule is N#Cc1cc(CCc2c(F)ccc(O)c2F)cc(-c2cccc(F)c2)c1. The second-order valence-electron chi connectivity index (χ2n) is 5.90. The van der Waals surface area contributed by atoms with E-state index in [2.05, 4.69) is 0 Å². The summed E-state index contributed by atoms with van der Waals surface area (Å²) >= 11 is 0. The molecule has 3 rings (SSSR count). The standard InChI is InChI=1S/C21H14F3NO/c22-17-3-1-2-15(11-17)16-9-13(8-14(10-16)12-25)4-5-18-19(23)6-7-20(26)21(18)24/h1-3,6-11,26H,4-5H2. The zero-order chi connectivity index (χ0) is 18.7. The van der Waals surface area contributed by atoms with Crippen LogP contribution in [0.1, 0.15) is 16.7 Å². The molecule has 130 valence electrons. The van der Waals surface area contributed by atoms with Gasteiger partial charge in [-0.25, -0.2) is 13.2 Å². The van der Waals surface area contributed by atoms with E-state index in [0.717, 1.165) is 12.1 Å². The molecular formula is C21H14F3NO. The zero-order valence-electron chi connectivity index (χ0n) is 13.6. The van der Waals surface area contributed by atoms with Gasteiger partial charge in [-0.3, -0.25) is 0 Å². The van der Waals surface area contributed by atoms with Crippen molar-refractivity contribution < 1.29 is 18.3 Å². The molecule has 0 unspecified atom stereocenters. The molecule has 0 heterocycles. The van der Waals surface area contributed by atoms with Gasteiger partial charge >= 0.3 is 0 Å². The maximum atomic E-state index is 13.9. The Morgan fingerprint density at radius 3 is 2.42 bits per heavy atom. The third kappa shape index (κ3) is 3.70. The van der Waals surface area contributed by atoms with Crippen molar-refractivity contribution in [2.45, 2.75) is 12.8 Å². The lowest BCUT2D eigenvalue weighted by Crippen LogP contribution is -2.00. The fourth-order valence-corrected chi connectivity index (χ4v) is 2.82. The van der Waals surface area contributed by atoms with Gasteiger partial charge in [-0.15, -0.1) is 0 Å². The maximum absolute atomic E-state index is 13.9. The van der Waals surface area contributed by atoms with Crippen molar-refractivity contribution in [1.82, 2.24) is 0 Å². The Hall–Kier alpha value is -3.26. The van der Waals surface area contributed by atoms with Gasteiger partial charge in [0.05, 0.1) is 11.6 Å². The molecule has 0 aliphatic rings. The van der Waals surface area contributed by atoms with Crippen molar-refractivity contribution in [1.29, 1.82) is 5.26 Å². The van der Waals surface area contributed by atoms with Gasteiger partial charge in [-0.2, -0.15) is 5.26 Å². The van der Waals surface area contributed by atoms with Gasteiger partial charge in [0.25, 0.3) is 0 Å². The van der Waals surface area contributed by atoms with Crippen molar-refractivity contribution in [3.63, 3.8) is 0 Å². The van der Waals surface area contributed by atoms with Crippen LogP contribution in [0.2, 0.25) is 0 Å². The van der Waals surface area contributed by atoms with Crippen molar-refractivity contribution in [2.75, 3.05) is 0 Å². The third-order valence-corrected chi connectivity index (χ3v) is 4.11. The Morgan fingerprint density at radius 2 is 1.69 bits per heavy atom. The lowest BCUT2D eigenvalue weighted by molar-refractivity contribution is 0.422. The summed E-state index contributed by atoms with van der Waals surface area (Å²) in [4.78, 5) is 0. The van der Waals surface area contributed by atoms with Gasteiger partial charge in [-0.1, -0.05) is 18.2 Å². The van der Waals surface area contributed by atoms with Crippen LogP contribution in [0.5, 0.6) is 5.75 Å². The fourth-order valence-electron chi connectivity index (χ4n) is 2.82. The first-order chi connectivity index (χ1) is 12.5. The molecular weight excluding hydrogens is 339 g/mol. The lowest BCUT2D eigenvalue weighted by atomic mass is 9.96. The number of hydrogen-bond donors (Lipinski definition) is 1. The number of nitrogens with zero attached hydrogens (tertiary/aromatic N) is 1. The predicted octanol–water partition coefficient (Wildman–Crippen LogP) is 5.13. The Balaban J connectivity index is 1.93. The Kier molecular flexibility index (Phi) is 4.94. The molecule has 0 aromatic heterocycles. The minimum Gasteiger partial charge on any atom is -0.505 e. The van der Waals surface area contributed by atoms with Gasteiger partial charge in [0.1, 0.15) is 11.6 Å². The maximum Gasteiger partial charge on any atom is 0.170 e. The van der Waals surface area contributed by atoms with E-state index in [0.29, 0.717) is 22.3 Å². The smallest absolute Gasteiger partial charge is 0.170 e. The number of halogens is 3. The number of benzene rings is 3. The Bertz CT molecular complexity index is 1010. The molecule has 0 aliphatic heterocycles. The molecule has 0 spiro atoms. The van der Waals surface area contributed by atoms with Crippen LogP contribution in [-0.2, 0) is 12.8 Å². The highest BCUT2D eigenvalue weighted by Gasteiger charge is 2.14. The van der Waals surface area contributed by atoms with Gasteiger partial charge in [0.2, 0.25) is 0 Å². The van der Waals surface area contributed by atoms with E-state index in [1.807, 2.05) is 6.07 Å². The molecule has 2 nitrogen and oxygen atoms in total.